The summed E-state index contributed by atoms with van der Waals surface area (Å²) in [5.41, 5.74) is 0.966. The second kappa shape index (κ2) is 5.31. The van der Waals surface area contributed by atoms with Gasteiger partial charge < -0.3 is 9.30 Å². The smallest absolute Gasteiger partial charge is 0.130 e. The Hall–Kier alpha value is -1.36. The monoisotopic (exact) mass is 298 g/mol. The lowest BCUT2D eigenvalue weighted by Crippen LogP contribution is -2.03. The standard InChI is InChI=1S/C12H12BrFN2O/c1-2-16-8-15-6-11(16)7-17-12-4-9(13)3-10(14)5-12/h3-6,8H,2,7H2,1H3. The van der Waals surface area contributed by atoms with E-state index in [9.17, 15) is 4.39 Å². The topological polar surface area (TPSA) is 27.1 Å². The molecule has 1 aromatic carbocycles. The van der Waals surface area contributed by atoms with Crippen molar-refractivity contribution >= 4 is 15.9 Å². The molecule has 0 saturated heterocycles. The predicted octanol–water partition coefficient (Wildman–Crippen LogP) is 3.38. The number of ether oxygens (including phenoxy) is 1. The van der Waals surface area contributed by atoms with Crippen molar-refractivity contribution in [1.82, 2.24) is 9.55 Å². The highest BCUT2D eigenvalue weighted by molar-refractivity contribution is 9.10. The number of rotatable bonds is 4. The summed E-state index contributed by atoms with van der Waals surface area (Å²) in [5.74, 6) is 0.180. The maximum atomic E-state index is 13.1. The summed E-state index contributed by atoms with van der Waals surface area (Å²) >= 11 is 3.22. The third kappa shape index (κ3) is 3.06. The van der Waals surface area contributed by atoms with Crippen LogP contribution in [0.1, 0.15) is 12.6 Å². The van der Waals surface area contributed by atoms with Crippen LogP contribution in [-0.4, -0.2) is 9.55 Å². The van der Waals surface area contributed by atoms with Gasteiger partial charge in [0.05, 0.1) is 18.2 Å². The number of hydrogen-bond donors (Lipinski definition) is 0. The molecule has 17 heavy (non-hydrogen) atoms. The van der Waals surface area contributed by atoms with Crippen LogP contribution in [-0.2, 0) is 13.2 Å². The molecule has 0 aliphatic heterocycles. The summed E-state index contributed by atoms with van der Waals surface area (Å²) < 4.78 is 21.3. The summed E-state index contributed by atoms with van der Waals surface area (Å²) in [6, 6.07) is 4.48. The molecule has 0 unspecified atom stereocenters. The number of aryl methyl sites for hydroxylation is 1. The van der Waals surface area contributed by atoms with Crippen LogP contribution in [0, 0.1) is 5.82 Å². The lowest BCUT2D eigenvalue weighted by atomic mass is 10.3. The van der Waals surface area contributed by atoms with E-state index < -0.39 is 0 Å². The molecule has 0 amide bonds. The minimum atomic E-state index is -0.321. The van der Waals surface area contributed by atoms with Crippen LogP contribution in [0.5, 0.6) is 5.75 Å². The molecule has 0 atom stereocenters. The number of benzene rings is 1. The van der Waals surface area contributed by atoms with Crippen LogP contribution in [0.25, 0.3) is 0 Å². The minimum Gasteiger partial charge on any atom is -0.487 e. The van der Waals surface area contributed by atoms with Crippen molar-refractivity contribution < 1.29 is 9.13 Å². The van der Waals surface area contributed by atoms with Crippen LogP contribution in [0.2, 0.25) is 0 Å². The molecule has 0 spiro atoms. The van der Waals surface area contributed by atoms with Crippen molar-refractivity contribution in [3.63, 3.8) is 0 Å². The molecule has 2 aromatic rings. The second-order valence-corrected chi connectivity index (χ2v) is 4.48. The Bertz CT molecular complexity index is 493. The zero-order valence-electron chi connectivity index (χ0n) is 9.36. The summed E-state index contributed by atoms with van der Waals surface area (Å²) in [6.07, 6.45) is 3.50. The minimum absolute atomic E-state index is 0.321. The average molecular weight is 299 g/mol. The van der Waals surface area contributed by atoms with Crippen LogP contribution in [0.15, 0.2) is 35.2 Å². The van der Waals surface area contributed by atoms with Gasteiger partial charge in [0.15, 0.2) is 0 Å². The Balaban J connectivity index is 2.07. The third-order valence-electron chi connectivity index (χ3n) is 2.36. The van der Waals surface area contributed by atoms with Crippen molar-refractivity contribution in [2.75, 3.05) is 0 Å². The maximum absolute atomic E-state index is 13.1. The van der Waals surface area contributed by atoms with Crippen molar-refractivity contribution in [3.05, 3.63) is 46.7 Å². The molecule has 0 aliphatic rings. The fraction of sp³-hybridized carbons (Fsp3) is 0.250. The van der Waals surface area contributed by atoms with Crippen molar-refractivity contribution in [2.24, 2.45) is 0 Å². The van der Waals surface area contributed by atoms with E-state index in [1.165, 1.54) is 12.1 Å². The number of hydrogen-bond acceptors (Lipinski definition) is 2. The van der Waals surface area contributed by atoms with Gasteiger partial charge in [-0.05, 0) is 19.1 Å². The van der Waals surface area contributed by atoms with Crippen molar-refractivity contribution in [2.45, 2.75) is 20.1 Å². The Morgan fingerprint density at radius 3 is 2.94 bits per heavy atom. The Morgan fingerprint density at radius 1 is 1.41 bits per heavy atom. The van der Waals surface area contributed by atoms with E-state index in [1.807, 2.05) is 11.5 Å². The molecule has 3 nitrogen and oxygen atoms in total. The van der Waals surface area contributed by atoms with E-state index in [0.717, 1.165) is 12.2 Å². The zero-order valence-corrected chi connectivity index (χ0v) is 10.9. The largest absolute Gasteiger partial charge is 0.487 e. The van der Waals surface area contributed by atoms with Gasteiger partial charge in [-0.1, -0.05) is 15.9 Å². The highest BCUT2D eigenvalue weighted by Crippen LogP contribution is 2.21. The lowest BCUT2D eigenvalue weighted by molar-refractivity contribution is 0.293. The highest BCUT2D eigenvalue weighted by atomic mass is 79.9. The van der Waals surface area contributed by atoms with Crippen molar-refractivity contribution in [1.29, 1.82) is 0 Å². The van der Waals surface area contributed by atoms with Crippen molar-refractivity contribution in [3.8, 4) is 5.75 Å². The van der Waals surface area contributed by atoms with Gasteiger partial charge in [-0.15, -0.1) is 0 Å². The lowest BCUT2D eigenvalue weighted by Gasteiger charge is -2.08. The first kappa shape index (κ1) is 12.1. The molecule has 0 N–H and O–H groups in total. The molecule has 2 rings (SSSR count). The number of aromatic nitrogens is 2. The first-order valence-electron chi connectivity index (χ1n) is 5.27. The fourth-order valence-corrected chi connectivity index (χ4v) is 1.97. The first-order valence-corrected chi connectivity index (χ1v) is 6.06. The average Bonchev–Trinajstić information content (AvgIpc) is 2.72. The molecule has 0 aliphatic carbocycles. The van der Waals surface area contributed by atoms with E-state index >= 15 is 0 Å². The molecular weight excluding hydrogens is 287 g/mol. The summed E-state index contributed by atoms with van der Waals surface area (Å²) in [7, 11) is 0. The van der Waals surface area contributed by atoms with Gasteiger partial charge in [0.2, 0.25) is 0 Å². The van der Waals surface area contributed by atoms with E-state index in [0.29, 0.717) is 16.8 Å². The molecular formula is C12H12BrFN2O. The van der Waals surface area contributed by atoms with Gasteiger partial charge in [0, 0.05) is 17.1 Å². The van der Waals surface area contributed by atoms with Crippen LogP contribution in [0.3, 0.4) is 0 Å². The van der Waals surface area contributed by atoms with Gasteiger partial charge in [0.25, 0.3) is 0 Å². The van der Waals surface area contributed by atoms with E-state index in [-0.39, 0.29) is 5.82 Å². The third-order valence-corrected chi connectivity index (χ3v) is 2.82. The molecule has 1 aromatic heterocycles. The molecule has 0 saturated carbocycles. The molecule has 5 heteroatoms. The van der Waals surface area contributed by atoms with Gasteiger partial charge in [-0.2, -0.15) is 0 Å². The molecule has 1 heterocycles. The molecule has 90 valence electrons. The Labute approximate surface area is 107 Å². The van der Waals surface area contributed by atoms with Crippen LogP contribution in [0.4, 0.5) is 4.39 Å². The van der Waals surface area contributed by atoms with Crippen LogP contribution >= 0.6 is 15.9 Å². The predicted molar refractivity (Wildman–Crippen MR) is 66.3 cm³/mol. The summed E-state index contributed by atoms with van der Waals surface area (Å²) in [5, 5.41) is 0. The molecule has 0 bridgehead atoms. The van der Waals surface area contributed by atoms with Gasteiger partial charge in [-0.25, -0.2) is 9.37 Å². The molecule has 0 radical (unpaired) electrons. The Morgan fingerprint density at radius 2 is 2.24 bits per heavy atom. The van der Waals surface area contributed by atoms with E-state index in [4.69, 9.17) is 4.74 Å². The number of nitrogens with zero attached hydrogens (tertiary/aromatic N) is 2. The SMILES string of the molecule is CCn1cncc1COc1cc(F)cc(Br)c1. The highest BCUT2D eigenvalue weighted by Gasteiger charge is 2.03. The van der Waals surface area contributed by atoms with Gasteiger partial charge in [-0.3, -0.25) is 0 Å². The maximum Gasteiger partial charge on any atom is 0.130 e. The fourth-order valence-electron chi connectivity index (χ4n) is 1.52. The second-order valence-electron chi connectivity index (χ2n) is 3.56. The number of imidazole rings is 1. The Kier molecular flexibility index (Phi) is 3.78. The van der Waals surface area contributed by atoms with E-state index in [2.05, 4.69) is 20.9 Å². The number of halogens is 2. The summed E-state index contributed by atoms with van der Waals surface area (Å²) in [4.78, 5) is 4.04. The van der Waals surface area contributed by atoms with E-state index in [1.54, 1.807) is 18.6 Å². The normalized spacial score (nSPS) is 10.5. The first-order chi connectivity index (χ1) is 8.19. The molecule has 0 fully saturated rings. The van der Waals surface area contributed by atoms with Crippen LogP contribution < -0.4 is 4.74 Å². The zero-order chi connectivity index (χ0) is 12.3. The quantitative estimate of drug-likeness (QED) is 0.865. The summed E-state index contributed by atoms with van der Waals surface area (Å²) in [6.45, 7) is 3.25. The van der Waals surface area contributed by atoms with Gasteiger partial charge in [0.1, 0.15) is 18.2 Å². The van der Waals surface area contributed by atoms with Gasteiger partial charge >= 0.3 is 0 Å².